The van der Waals surface area contributed by atoms with E-state index in [0.29, 0.717) is 5.71 Å². The molecular formula is C10H9NS. The summed E-state index contributed by atoms with van der Waals surface area (Å²) in [4.78, 5) is 0.800. The first-order chi connectivity index (χ1) is 5.79. The molecule has 0 radical (unpaired) electrons. The van der Waals surface area contributed by atoms with Gasteiger partial charge in [-0.2, -0.15) is 0 Å². The molecule has 1 aliphatic rings. The number of hydrogen-bond donors (Lipinski definition) is 1. The fraction of sp³-hybridized carbons (Fsp3) is 0.200. The Morgan fingerprint density at radius 1 is 1.17 bits per heavy atom. The highest BCUT2D eigenvalue weighted by atomic mass is 32.1. The van der Waals surface area contributed by atoms with Gasteiger partial charge in [0.05, 0.1) is 5.71 Å². The summed E-state index contributed by atoms with van der Waals surface area (Å²) in [5.74, 6) is 0. The van der Waals surface area contributed by atoms with Crippen LogP contribution in [0.25, 0.3) is 0 Å². The molecule has 12 heavy (non-hydrogen) atoms. The van der Waals surface area contributed by atoms with Crippen LogP contribution in [0.5, 0.6) is 0 Å². The number of thiocarbonyl (C=S) groups is 1. The average molecular weight is 175 g/mol. The standard InChI is InChI=1S/C10H9NS/c11-10-8-4-2-1-3-7(8)5-6-9(10)12/h1-4,11H,5-6H2. The fourth-order valence-corrected chi connectivity index (χ4v) is 1.72. The van der Waals surface area contributed by atoms with E-state index >= 15 is 0 Å². The van der Waals surface area contributed by atoms with Gasteiger partial charge < -0.3 is 0 Å². The van der Waals surface area contributed by atoms with Crippen LogP contribution >= 0.6 is 12.2 Å². The first-order valence-corrected chi connectivity index (χ1v) is 4.40. The second kappa shape index (κ2) is 2.79. The number of fused-ring (bicyclic) bond motifs is 1. The van der Waals surface area contributed by atoms with Gasteiger partial charge >= 0.3 is 0 Å². The van der Waals surface area contributed by atoms with Gasteiger partial charge in [-0.25, -0.2) is 0 Å². The quantitative estimate of drug-likeness (QED) is 0.601. The molecule has 0 aliphatic heterocycles. The summed E-state index contributed by atoms with van der Waals surface area (Å²) in [7, 11) is 0. The highest BCUT2D eigenvalue weighted by molar-refractivity contribution is 7.82. The molecule has 1 aromatic rings. The number of aryl methyl sites for hydroxylation is 1. The molecule has 1 aromatic carbocycles. The van der Waals surface area contributed by atoms with Crippen molar-refractivity contribution in [2.75, 3.05) is 0 Å². The Morgan fingerprint density at radius 3 is 2.75 bits per heavy atom. The second-order valence-corrected chi connectivity index (χ2v) is 3.45. The molecule has 1 aliphatic carbocycles. The van der Waals surface area contributed by atoms with Gasteiger partial charge in [0, 0.05) is 10.4 Å². The Hall–Kier alpha value is -1.02. The molecule has 0 fully saturated rings. The van der Waals surface area contributed by atoms with Crippen LogP contribution < -0.4 is 0 Å². The summed E-state index contributed by atoms with van der Waals surface area (Å²) in [5, 5.41) is 7.74. The van der Waals surface area contributed by atoms with E-state index in [1.165, 1.54) is 5.56 Å². The molecule has 0 bridgehead atoms. The maximum Gasteiger partial charge on any atom is 0.0754 e. The van der Waals surface area contributed by atoms with Gasteiger partial charge in [-0.15, -0.1) is 0 Å². The monoisotopic (exact) mass is 175 g/mol. The van der Waals surface area contributed by atoms with Crippen LogP contribution in [0, 0.1) is 5.41 Å². The van der Waals surface area contributed by atoms with Crippen LogP contribution in [0.1, 0.15) is 17.5 Å². The molecule has 0 atom stereocenters. The van der Waals surface area contributed by atoms with E-state index in [4.69, 9.17) is 17.6 Å². The summed E-state index contributed by atoms with van der Waals surface area (Å²) in [6, 6.07) is 8.02. The van der Waals surface area contributed by atoms with E-state index in [1.807, 2.05) is 18.2 Å². The van der Waals surface area contributed by atoms with Crippen molar-refractivity contribution in [1.82, 2.24) is 0 Å². The van der Waals surface area contributed by atoms with E-state index in [1.54, 1.807) is 0 Å². The third-order valence-electron chi connectivity index (χ3n) is 2.19. The minimum atomic E-state index is 0.548. The van der Waals surface area contributed by atoms with Gasteiger partial charge in [-0.3, -0.25) is 5.41 Å². The molecule has 2 rings (SSSR count). The molecule has 60 valence electrons. The minimum absolute atomic E-state index is 0.548. The lowest BCUT2D eigenvalue weighted by Crippen LogP contribution is -2.20. The molecule has 1 N–H and O–H groups in total. The Kier molecular flexibility index (Phi) is 1.77. The van der Waals surface area contributed by atoms with Crippen molar-refractivity contribution in [3.63, 3.8) is 0 Å². The van der Waals surface area contributed by atoms with Crippen molar-refractivity contribution < 1.29 is 0 Å². The molecule has 2 heteroatoms. The Labute approximate surface area is 76.9 Å². The van der Waals surface area contributed by atoms with Gasteiger partial charge in [0.1, 0.15) is 0 Å². The Bertz CT molecular complexity index is 355. The molecule has 0 aromatic heterocycles. The van der Waals surface area contributed by atoms with E-state index in [-0.39, 0.29) is 0 Å². The van der Waals surface area contributed by atoms with Crippen LogP contribution in [0.4, 0.5) is 0 Å². The van der Waals surface area contributed by atoms with Crippen LogP contribution in [0.15, 0.2) is 24.3 Å². The zero-order valence-electron chi connectivity index (χ0n) is 6.63. The summed E-state index contributed by atoms with van der Waals surface area (Å²) >= 11 is 5.08. The first kappa shape index (κ1) is 7.62. The van der Waals surface area contributed by atoms with Crippen molar-refractivity contribution in [3.05, 3.63) is 35.4 Å². The van der Waals surface area contributed by atoms with Crippen molar-refractivity contribution in [2.45, 2.75) is 12.8 Å². The topological polar surface area (TPSA) is 23.9 Å². The fourth-order valence-electron chi connectivity index (χ4n) is 1.51. The lowest BCUT2D eigenvalue weighted by molar-refractivity contribution is 1.04. The molecule has 0 amide bonds. The molecule has 0 heterocycles. The SMILES string of the molecule is N=C1C(=S)CCc2ccccc21. The van der Waals surface area contributed by atoms with Crippen LogP contribution in [-0.4, -0.2) is 10.6 Å². The van der Waals surface area contributed by atoms with Gasteiger partial charge in [0.25, 0.3) is 0 Å². The van der Waals surface area contributed by atoms with Crippen LogP contribution in [0.3, 0.4) is 0 Å². The van der Waals surface area contributed by atoms with Crippen molar-refractivity contribution in [1.29, 1.82) is 5.41 Å². The smallest absolute Gasteiger partial charge is 0.0754 e. The highest BCUT2D eigenvalue weighted by Gasteiger charge is 2.17. The number of benzene rings is 1. The van der Waals surface area contributed by atoms with Crippen molar-refractivity contribution >= 4 is 22.8 Å². The van der Waals surface area contributed by atoms with E-state index in [2.05, 4.69) is 6.07 Å². The van der Waals surface area contributed by atoms with Crippen LogP contribution in [0.2, 0.25) is 0 Å². The number of nitrogens with one attached hydrogen (secondary N) is 1. The predicted molar refractivity (Wildman–Crippen MR) is 54.2 cm³/mol. The number of hydrogen-bond acceptors (Lipinski definition) is 2. The minimum Gasteiger partial charge on any atom is -0.299 e. The molecule has 0 unspecified atom stereocenters. The number of rotatable bonds is 0. The summed E-state index contributed by atoms with van der Waals surface area (Å²) in [6.45, 7) is 0. The Morgan fingerprint density at radius 2 is 1.92 bits per heavy atom. The van der Waals surface area contributed by atoms with Crippen LogP contribution in [-0.2, 0) is 6.42 Å². The van der Waals surface area contributed by atoms with Gasteiger partial charge in [-0.05, 0) is 18.4 Å². The summed E-state index contributed by atoms with van der Waals surface area (Å²) in [5.41, 5.74) is 2.83. The summed E-state index contributed by atoms with van der Waals surface area (Å²) < 4.78 is 0. The molecule has 0 spiro atoms. The average Bonchev–Trinajstić information content (AvgIpc) is 2.12. The van der Waals surface area contributed by atoms with Gasteiger partial charge in [0.2, 0.25) is 0 Å². The van der Waals surface area contributed by atoms with E-state index in [0.717, 1.165) is 23.3 Å². The third-order valence-corrected chi connectivity index (χ3v) is 2.60. The lowest BCUT2D eigenvalue weighted by Gasteiger charge is -2.16. The molecule has 0 saturated carbocycles. The summed E-state index contributed by atoms with van der Waals surface area (Å²) in [6.07, 6.45) is 1.86. The predicted octanol–water partition coefficient (Wildman–Crippen LogP) is 2.37. The Balaban J connectivity index is 2.56. The maximum atomic E-state index is 7.74. The molecular weight excluding hydrogens is 166 g/mol. The zero-order chi connectivity index (χ0) is 8.55. The van der Waals surface area contributed by atoms with Gasteiger partial charge in [-0.1, -0.05) is 36.5 Å². The third kappa shape index (κ3) is 1.08. The highest BCUT2D eigenvalue weighted by Crippen LogP contribution is 2.18. The largest absolute Gasteiger partial charge is 0.299 e. The van der Waals surface area contributed by atoms with E-state index < -0.39 is 0 Å². The second-order valence-electron chi connectivity index (χ2n) is 2.96. The van der Waals surface area contributed by atoms with Crippen molar-refractivity contribution in [3.8, 4) is 0 Å². The zero-order valence-corrected chi connectivity index (χ0v) is 7.45. The maximum absolute atomic E-state index is 7.74. The molecule has 1 nitrogen and oxygen atoms in total. The van der Waals surface area contributed by atoms with Crippen molar-refractivity contribution in [2.24, 2.45) is 0 Å². The lowest BCUT2D eigenvalue weighted by atomic mass is 9.90. The normalized spacial score (nSPS) is 16.0. The van der Waals surface area contributed by atoms with E-state index in [9.17, 15) is 0 Å². The molecule has 0 saturated heterocycles. The first-order valence-electron chi connectivity index (χ1n) is 3.99. The van der Waals surface area contributed by atoms with Gasteiger partial charge in [0.15, 0.2) is 0 Å².